The summed E-state index contributed by atoms with van der Waals surface area (Å²) in [5.74, 6) is 1.56. The third-order valence-electron chi connectivity index (χ3n) is 4.10. The molecule has 1 aliphatic rings. The maximum absolute atomic E-state index is 4.99. The molecule has 116 valence electrons. The highest BCUT2D eigenvalue weighted by atomic mass is 16.5. The van der Waals surface area contributed by atoms with Crippen LogP contribution in [0.1, 0.15) is 28.9 Å². The number of hydrogen-bond donors (Lipinski definition) is 1. The third-order valence-corrected chi connectivity index (χ3v) is 4.10. The van der Waals surface area contributed by atoms with Gasteiger partial charge in [-0.05, 0) is 38.3 Å². The largest absolute Gasteiger partial charge is 0.364 e. The van der Waals surface area contributed by atoms with Crippen LogP contribution in [0.3, 0.4) is 0 Å². The molecule has 0 saturated carbocycles. The summed E-state index contributed by atoms with van der Waals surface area (Å²) in [4.78, 5) is 13.8. The maximum atomic E-state index is 4.99. The van der Waals surface area contributed by atoms with Crippen LogP contribution >= 0.6 is 0 Å². The number of pyridine rings is 1. The average Bonchev–Trinajstić information content (AvgIpc) is 3.22. The van der Waals surface area contributed by atoms with E-state index in [0.717, 1.165) is 47.7 Å². The van der Waals surface area contributed by atoms with Crippen molar-refractivity contribution in [2.75, 3.05) is 5.32 Å². The van der Waals surface area contributed by atoms with E-state index in [0.29, 0.717) is 12.4 Å². The fourth-order valence-corrected chi connectivity index (χ4v) is 2.84. The number of aromatic nitrogens is 4. The van der Waals surface area contributed by atoms with Gasteiger partial charge in [0.15, 0.2) is 5.82 Å². The van der Waals surface area contributed by atoms with Crippen molar-refractivity contribution >= 4 is 5.82 Å². The monoisotopic (exact) mass is 307 g/mol. The molecule has 0 spiro atoms. The predicted octanol–water partition coefficient (Wildman–Crippen LogP) is 2.94. The highest BCUT2D eigenvalue weighted by Gasteiger charge is 2.20. The van der Waals surface area contributed by atoms with Gasteiger partial charge in [0.25, 0.3) is 0 Å². The fraction of sp³-hybridized carbons (Fsp3) is 0.294. The van der Waals surface area contributed by atoms with Crippen molar-refractivity contribution < 1.29 is 4.52 Å². The number of hydrogen-bond acceptors (Lipinski definition) is 6. The minimum Gasteiger partial charge on any atom is -0.364 e. The molecule has 6 heteroatoms. The molecule has 1 N–H and O–H groups in total. The Morgan fingerprint density at radius 3 is 2.96 bits per heavy atom. The van der Waals surface area contributed by atoms with Gasteiger partial charge >= 0.3 is 0 Å². The Morgan fingerprint density at radius 1 is 1.22 bits per heavy atom. The zero-order chi connectivity index (χ0) is 15.6. The van der Waals surface area contributed by atoms with Crippen LogP contribution in [-0.4, -0.2) is 20.1 Å². The molecule has 0 bridgehead atoms. The van der Waals surface area contributed by atoms with Crippen molar-refractivity contribution in [2.24, 2.45) is 0 Å². The molecular weight excluding hydrogens is 290 g/mol. The van der Waals surface area contributed by atoms with E-state index >= 15 is 0 Å². The van der Waals surface area contributed by atoms with E-state index < -0.39 is 0 Å². The predicted molar refractivity (Wildman–Crippen MR) is 85.9 cm³/mol. The van der Waals surface area contributed by atoms with E-state index in [1.165, 1.54) is 5.56 Å². The van der Waals surface area contributed by atoms with E-state index in [9.17, 15) is 0 Å². The molecule has 23 heavy (non-hydrogen) atoms. The van der Waals surface area contributed by atoms with Crippen LogP contribution in [0.25, 0.3) is 11.5 Å². The molecule has 4 rings (SSSR count). The molecule has 3 heterocycles. The van der Waals surface area contributed by atoms with E-state index in [1.807, 2.05) is 25.1 Å². The van der Waals surface area contributed by atoms with Gasteiger partial charge in [-0.3, -0.25) is 4.98 Å². The van der Waals surface area contributed by atoms with Gasteiger partial charge in [0.2, 0.25) is 0 Å². The standard InChI is InChI=1S/C17H17N5O/c1-11-10-23-22-15(11)9-19-16-12-5-4-7-13(12)20-17(21-16)14-6-2-3-8-18-14/h2-3,6,8,10H,4-5,7,9H2,1H3,(H,19,20,21). The molecule has 0 radical (unpaired) electrons. The Hall–Kier alpha value is -2.76. The van der Waals surface area contributed by atoms with Crippen LogP contribution in [0.15, 0.2) is 35.2 Å². The number of nitrogens with one attached hydrogen (secondary N) is 1. The molecule has 6 nitrogen and oxygen atoms in total. The normalized spacial score (nSPS) is 13.1. The minimum atomic E-state index is 0.591. The van der Waals surface area contributed by atoms with Gasteiger partial charge in [-0.25, -0.2) is 9.97 Å². The van der Waals surface area contributed by atoms with Crippen LogP contribution in [-0.2, 0) is 19.4 Å². The fourth-order valence-electron chi connectivity index (χ4n) is 2.84. The van der Waals surface area contributed by atoms with Crippen molar-refractivity contribution in [3.63, 3.8) is 0 Å². The van der Waals surface area contributed by atoms with E-state index in [-0.39, 0.29) is 0 Å². The summed E-state index contributed by atoms with van der Waals surface area (Å²) in [5, 5.41) is 7.41. The van der Waals surface area contributed by atoms with E-state index in [4.69, 9.17) is 14.5 Å². The molecule has 3 aromatic heterocycles. The number of aryl methyl sites for hydroxylation is 2. The molecule has 0 amide bonds. The summed E-state index contributed by atoms with van der Waals surface area (Å²) in [7, 11) is 0. The smallest absolute Gasteiger partial charge is 0.180 e. The zero-order valence-electron chi connectivity index (χ0n) is 12.9. The zero-order valence-corrected chi connectivity index (χ0v) is 12.9. The first-order valence-corrected chi connectivity index (χ1v) is 7.76. The summed E-state index contributed by atoms with van der Waals surface area (Å²) >= 11 is 0. The van der Waals surface area contributed by atoms with Crippen LogP contribution < -0.4 is 5.32 Å². The summed E-state index contributed by atoms with van der Waals surface area (Å²) in [6.07, 6.45) is 6.54. The molecule has 0 aliphatic heterocycles. The second-order valence-corrected chi connectivity index (χ2v) is 5.69. The van der Waals surface area contributed by atoms with Gasteiger partial charge in [0.1, 0.15) is 23.5 Å². The van der Waals surface area contributed by atoms with Crippen LogP contribution in [0.4, 0.5) is 5.82 Å². The SMILES string of the molecule is Cc1conc1CNc1nc(-c2ccccn2)nc2c1CCC2. The number of anilines is 1. The number of rotatable bonds is 4. The molecule has 0 fully saturated rings. The van der Waals surface area contributed by atoms with E-state index in [1.54, 1.807) is 12.5 Å². The second kappa shape index (κ2) is 5.79. The van der Waals surface area contributed by atoms with Crippen molar-refractivity contribution in [3.05, 3.63) is 53.2 Å². The lowest BCUT2D eigenvalue weighted by atomic mass is 10.2. The van der Waals surface area contributed by atoms with Gasteiger partial charge in [-0.15, -0.1) is 0 Å². The summed E-state index contributed by atoms with van der Waals surface area (Å²) < 4.78 is 4.99. The maximum Gasteiger partial charge on any atom is 0.180 e. The first-order chi connectivity index (χ1) is 11.3. The first-order valence-electron chi connectivity index (χ1n) is 7.76. The van der Waals surface area contributed by atoms with Crippen molar-refractivity contribution in [2.45, 2.75) is 32.7 Å². The third kappa shape index (κ3) is 2.67. The Balaban J connectivity index is 1.68. The highest BCUT2D eigenvalue weighted by Crippen LogP contribution is 2.29. The molecule has 3 aromatic rings. The minimum absolute atomic E-state index is 0.591. The van der Waals surface area contributed by atoms with Gasteiger partial charge in [-0.2, -0.15) is 0 Å². The van der Waals surface area contributed by atoms with Crippen molar-refractivity contribution in [3.8, 4) is 11.5 Å². The topological polar surface area (TPSA) is 76.7 Å². The molecule has 0 saturated heterocycles. The van der Waals surface area contributed by atoms with Gasteiger partial charge in [0.05, 0.1) is 6.54 Å². The van der Waals surface area contributed by atoms with Crippen LogP contribution in [0.5, 0.6) is 0 Å². The molecule has 0 unspecified atom stereocenters. The molecule has 0 atom stereocenters. The Labute approximate surface area is 134 Å². The van der Waals surface area contributed by atoms with Crippen molar-refractivity contribution in [1.82, 2.24) is 20.1 Å². The Bertz CT molecular complexity index is 828. The Morgan fingerprint density at radius 2 is 2.17 bits per heavy atom. The van der Waals surface area contributed by atoms with Crippen LogP contribution in [0.2, 0.25) is 0 Å². The quantitative estimate of drug-likeness (QED) is 0.798. The second-order valence-electron chi connectivity index (χ2n) is 5.69. The van der Waals surface area contributed by atoms with Gasteiger partial charge in [0, 0.05) is 23.0 Å². The van der Waals surface area contributed by atoms with Crippen molar-refractivity contribution in [1.29, 1.82) is 0 Å². The van der Waals surface area contributed by atoms with E-state index in [2.05, 4.69) is 15.5 Å². The lowest BCUT2D eigenvalue weighted by molar-refractivity contribution is 0.412. The highest BCUT2D eigenvalue weighted by molar-refractivity contribution is 5.57. The Kier molecular flexibility index (Phi) is 3.49. The lowest BCUT2D eigenvalue weighted by Gasteiger charge is -2.11. The first kappa shape index (κ1) is 13.9. The average molecular weight is 307 g/mol. The summed E-state index contributed by atoms with van der Waals surface area (Å²) in [6.45, 7) is 2.57. The molecule has 1 aliphatic carbocycles. The molecule has 0 aromatic carbocycles. The number of fused-ring (bicyclic) bond motifs is 1. The van der Waals surface area contributed by atoms with Crippen LogP contribution in [0, 0.1) is 6.92 Å². The lowest BCUT2D eigenvalue weighted by Crippen LogP contribution is -2.08. The summed E-state index contributed by atoms with van der Waals surface area (Å²) in [5.41, 5.74) is 5.07. The number of nitrogens with zero attached hydrogens (tertiary/aromatic N) is 4. The molecular formula is C17H17N5O. The van der Waals surface area contributed by atoms with Gasteiger partial charge < -0.3 is 9.84 Å². The van der Waals surface area contributed by atoms with Gasteiger partial charge in [-0.1, -0.05) is 11.2 Å². The summed E-state index contributed by atoms with van der Waals surface area (Å²) in [6, 6.07) is 5.77.